The van der Waals surface area contributed by atoms with Gasteiger partial charge in [-0.1, -0.05) is 20.3 Å². The predicted octanol–water partition coefficient (Wildman–Crippen LogP) is 2.07. The van der Waals surface area contributed by atoms with Crippen LogP contribution in [0.1, 0.15) is 53.9 Å². The summed E-state index contributed by atoms with van der Waals surface area (Å²) in [6.45, 7) is 10.3. The van der Waals surface area contributed by atoms with E-state index in [1.165, 1.54) is 0 Å². The third-order valence-electron chi connectivity index (χ3n) is 2.65. The summed E-state index contributed by atoms with van der Waals surface area (Å²) in [6, 6.07) is 0.580. The molecule has 3 atom stereocenters. The van der Waals surface area contributed by atoms with Gasteiger partial charge in [-0.2, -0.15) is 0 Å². The van der Waals surface area contributed by atoms with Crippen LogP contribution in [0.5, 0.6) is 0 Å². The first-order valence-electron chi connectivity index (χ1n) is 6.07. The molecule has 0 radical (unpaired) electrons. The molecule has 0 saturated heterocycles. The molecule has 3 nitrogen and oxygen atoms in total. The van der Waals surface area contributed by atoms with E-state index in [2.05, 4.69) is 31.4 Å². The van der Waals surface area contributed by atoms with Gasteiger partial charge >= 0.3 is 0 Å². The van der Waals surface area contributed by atoms with Gasteiger partial charge in [-0.25, -0.2) is 0 Å². The molecule has 0 aromatic heterocycles. The molecule has 0 fully saturated rings. The fourth-order valence-electron chi connectivity index (χ4n) is 1.49. The third kappa shape index (κ3) is 6.50. The van der Waals surface area contributed by atoms with E-state index < -0.39 is 0 Å². The minimum atomic E-state index is -0.0967. The van der Waals surface area contributed by atoms with Crippen LogP contribution in [0, 0.1) is 0 Å². The maximum Gasteiger partial charge on any atom is 0.237 e. The van der Waals surface area contributed by atoms with Crippen molar-refractivity contribution < 1.29 is 4.79 Å². The molecule has 0 heterocycles. The Morgan fingerprint density at radius 2 is 1.73 bits per heavy atom. The van der Waals surface area contributed by atoms with Gasteiger partial charge in [-0.05, 0) is 33.6 Å². The van der Waals surface area contributed by atoms with Crippen LogP contribution >= 0.6 is 0 Å². The zero-order valence-corrected chi connectivity index (χ0v) is 10.8. The van der Waals surface area contributed by atoms with Gasteiger partial charge in [0.05, 0.1) is 6.04 Å². The highest BCUT2D eigenvalue weighted by atomic mass is 16.2. The molecule has 0 aliphatic carbocycles. The Kier molecular flexibility index (Phi) is 7.39. The van der Waals surface area contributed by atoms with Crippen molar-refractivity contribution in [3.8, 4) is 0 Å². The quantitative estimate of drug-likeness (QED) is 0.681. The molecule has 2 N–H and O–H groups in total. The van der Waals surface area contributed by atoms with Crippen molar-refractivity contribution in [2.45, 2.75) is 72.0 Å². The van der Waals surface area contributed by atoms with E-state index in [0.29, 0.717) is 6.04 Å². The number of hydrogen-bond donors (Lipinski definition) is 2. The predicted molar refractivity (Wildman–Crippen MR) is 64.9 cm³/mol. The van der Waals surface area contributed by atoms with Crippen LogP contribution in [0.4, 0.5) is 0 Å². The van der Waals surface area contributed by atoms with E-state index in [1.807, 2.05) is 13.8 Å². The van der Waals surface area contributed by atoms with E-state index in [4.69, 9.17) is 0 Å². The lowest BCUT2D eigenvalue weighted by Crippen LogP contribution is -2.47. The number of amides is 1. The lowest BCUT2D eigenvalue weighted by atomic mass is 10.1. The maximum absolute atomic E-state index is 11.7. The average molecular weight is 214 g/mol. The molecule has 1 amide bonds. The van der Waals surface area contributed by atoms with Crippen LogP contribution in [0.2, 0.25) is 0 Å². The fraction of sp³-hybridized carbons (Fsp3) is 0.917. The number of hydrogen-bond acceptors (Lipinski definition) is 2. The SMILES string of the molecule is CCCC(C)NC(C)C(=O)NC(C)CC. The Hall–Kier alpha value is -0.570. The van der Waals surface area contributed by atoms with Gasteiger partial charge in [0, 0.05) is 12.1 Å². The lowest BCUT2D eigenvalue weighted by molar-refractivity contribution is -0.123. The van der Waals surface area contributed by atoms with Crippen molar-refractivity contribution in [3.63, 3.8) is 0 Å². The standard InChI is InChI=1S/C12H26N2O/c1-6-8-10(4)13-11(5)12(15)14-9(3)7-2/h9-11,13H,6-8H2,1-5H3,(H,14,15). The zero-order valence-electron chi connectivity index (χ0n) is 10.8. The first-order valence-corrected chi connectivity index (χ1v) is 6.07. The van der Waals surface area contributed by atoms with Crippen molar-refractivity contribution in [2.24, 2.45) is 0 Å². The molecular formula is C12H26N2O. The Bertz CT molecular complexity index is 182. The van der Waals surface area contributed by atoms with Crippen molar-refractivity contribution in [3.05, 3.63) is 0 Å². The summed E-state index contributed by atoms with van der Waals surface area (Å²) >= 11 is 0. The molecule has 0 aromatic rings. The van der Waals surface area contributed by atoms with Crippen LogP contribution in [0.25, 0.3) is 0 Å². The van der Waals surface area contributed by atoms with Crippen LogP contribution in [0.3, 0.4) is 0 Å². The van der Waals surface area contributed by atoms with E-state index in [1.54, 1.807) is 0 Å². The molecular weight excluding hydrogens is 188 g/mol. The highest BCUT2D eigenvalue weighted by Crippen LogP contribution is 1.97. The average Bonchev–Trinajstić information content (AvgIpc) is 2.17. The molecule has 0 bridgehead atoms. The summed E-state index contributed by atoms with van der Waals surface area (Å²) in [5.74, 6) is 0.104. The largest absolute Gasteiger partial charge is 0.352 e. The summed E-state index contributed by atoms with van der Waals surface area (Å²) in [6.07, 6.45) is 3.23. The first-order chi connectivity index (χ1) is 7.01. The van der Waals surface area contributed by atoms with Gasteiger partial charge in [-0.3, -0.25) is 4.79 Å². The number of carbonyl (C=O) groups excluding carboxylic acids is 1. The third-order valence-corrected chi connectivity index (χ3v) is 2.65. The molecule has 0 aliphatic heterocycles. The lowest BCUT2D eigenvalue weighted by Gasteiger charge is -2.21. The minimum Gasteiger partial charge on any atom is -0.352 e. The van der Waals surface area contributed by atoms with Gasteiger partial charge in [0.15, 0.2) is 0 Å². The summed E-state index contributed by atoms with van der Waals surface area (Å²) in [5.41, 5.74) is 0. The van der Waals surface area contributed by atoms with E-state index in [-0.39, 0.29) is 18.0 Å². The number of rotatable bonds is 7. The molecule has 0 aliphatic rings. The van der Waals surface area contributed by atoms with Gasteiger partial charge in [-0.15, -0.1) is 0 Å². The van der Waals surface area contributed by atoms with Gasteiger partial charge in [0.25, 0.3) is 0 Å². The Morgan fingerprint density at radius 3 is 2.20 bits per heavy atom. The van der Waals surface area contributed by atoms with Crippen molar-refractivity contribution in [2.75, 3.05) is 0 Å². The summed E-state index contributed by atoms with van der Waals surface area (Å²) in [4.78, 5) is 11.7. The van der Waals surface area contributed by atoms with Crippen LogP contribution < -0.4 is 10.6 Å². The van der Waals surface area contributed by atoms with Crippen molar-refractivity contribution >= 4 is 5.91 Å². The number of carbonyl (C=O) groups is 1. The molecule has 0 rings (SSSR count). The highest BCUT2D eigenvalue weighted by molar-refractivity contribution is 5.81. The molecule has 90 valence electrons. The summed E-state index contributed by atoms with van der Waals surface area (Å²) in [5, 5.41) is 6.27. The van der Waals surface area contributed by atoms with Crippen LogP contribution in [-0.2, 0) is 4.79 Å². The van der Waals surface area contributed by atoms with Crippen LogP contribution in [0.15, 0.2) is 0 Å². The number of nitrogens with one attached hydrogen (secondary N) is 2. The van der Waals surface area contributed by atoms with Crippen molar-refractivity contribution in [1.29, 1.82) is 0 Å². The van der Waals surface area contributed by atoms with E-state index in [9.17, 15) is 4.79 Å². The van der Waals surface area contributed by atoms with Crippen LogP contribution in [-0.4, -0.2) is 24.0 Å². The minimum absolute atomic E-state index is 0.0967. The molecule has 0 aromatic carbocycles. The second-order valence-corrected chi connectivity index (χ2v) is 4.40. The topological polar surface area (TPSA) is 41.1 Å². The zero-order chi connectivity index (χ0) is 11.8. The summed E-state index contributed by atoms with van der Waals surface area (Å²) < 4.78 is 0. The Morgan fingerprint density at radius 1 is 1.13 bits per heavy atom. The van der Waals surface area contributed by atoms with Gasteiger partial charge < -0.3 is 10.6 Å². The monoisotopic (exact) mass is 214 g/mol. The van der Waals surface area contributed by atoms with Gasteiger partial charge in [0.1, 0.15) is 0 Å². The Balaban J connectivity index is 3.87. The van der Waals surface area contributed by atoms with Gasteiger partial charge in [0.2, 0.25) is 5.91 Å². The molecule has 3 heteroatoms. The second kappa shape index (κ2) is 7.69. The molecule has 15 heavy (non-hydrogen) atoms. The normalized spacial score (nSPS) is 16.9. The maximum atomic E-state index is 11.7. The molecule has 3 unspecified atom stereocenters. The van der Waals surface area contributed by atoms with Crippen molar-refractivity contribution in [1.82, 2.24) is 10.6 Å². The fourth-order valence-corrected chi connectivity index (χ4v) is 1.49. The Labute approximate surface area is 94.0 Å². The van der Waals surface area contributed by atoms with E-state index in [0.717, 1.165) is 19.3 Å². The molecule has 0 saturated carbocycles. The molecule has 0 spiro atoms. The van der Waals surface area contributed by atoms with E-state index >= 15 is 0 Å². The first kappa shape index (κ1) is 14.4. The second-order valence-electron chi connectivity index (χ2n) is 4.40. The highest BCUT2D eigenvalue weighted by Gasteiger charge is 2.15. The summed E-state index contributed by atoms with van der Waals surface area (Å²) in [7, 11) is 0. The smallest absolute Gasteiger partial charge is 0.237 e.